The van der Waals surface area contributed by atoms with E-state index < -0.39 is 4.92 Å². The molecule has 2 atom stereocenters. The predicted octanol–water partition coefficient (Wildman–Crippen LogP) is 3.24. The van der Waals surface area contributed by atoms with Gasteiger partial charge in [-0.25, -0.2) is 0 Å². The van der Waals surface area contributed by atoms with Gasteiger partial charge in [-0.1, -0.05) is 30.3 Å². The zero-order chi connectivity index (χ0) is 18.7. The zero-order valence-corrected chi connectivity index (χ0v) is 14.7. The Balaban J connectivity index is 1.89. The van der Waals surface area contributed by atoms with Crippen LogP contribution in [0.2, 0.25) is 0 Å². The van der Waals surface area contributed by atoms with Gasteiger partial charge >= 0.3 is 0 Å². The molecule has 2 aromatic rings. The summed E-state index contributed by atoms with van der Waals surface area (Å²) >= 11 is 0. The van der Waals surface area contributed by atoms with Crippen LogP contribution < -0.4 is 5.32 Å². The maximum absolute atomic E-state index is 13.1. The average Bonchev–Trinajstić information content (AvgIpc) is 2.67. The van der Waals surface area contributed by atoms with Gasteiger partial charge in [-0.2, -0.15) is 0 Å². The average molecular weight is 355 g/mol. The van der Waals surface area contributed by atoms with Crippen molar-refractivity contribution in [2.24, 2.45) is 0 Å². The standard InChI is InChI=1S/C19H21N3O4/c1-13-11-21(12-18(26-13)14-6-4-3-5-7-14)19(23)16-10-15(22(24)25)8-9-17(16)20-2/h3-10,13,18,20H,11-12H2,1-2H3. The van der Waals surface area contributed by atoms with Gasteiger partial charge < -0.3 is 15.0 Å². The molecule has 0 aromatic heterocycles. The molecule has 26 heavy (non-hydrogen) atoms. The minimum absolute atomic E-state index is 0.103. The molecule has 1 saturated heterocycles. The molecule has 2 unspecified atom stereocenters. The molecule has 1 aliphatic rings. The summed E-state index contributed by atoms with van der Waals surface area (Å²) in [6.45, 7) is 2.76. The Morgan fingerprint density at radius 1 is 1.23 bits per heavy atom. The van der Waals surface area contributed by atoms with Crippen LogP contribution in [0, 0.1) is 10.1 Å². The number of nitro groups is 1. The molecule has 7 nitrogen and oxygen atoms in total. The van der Waals surface area contributed by atoms with E-state index in [1.165, 1.54) is 12.1 Å². The van der Waals surface area contributed by atoms with Crippen molar-refractivity contribution >= 4 is 17.3 Å². The van der Waals surface area contributed by atoms with Gasteiger partial charge in [0.05, 0.1) is 23.1 Å². The van der Waals surface area contributed by atoms with E-state index in [0.717, 1.165) is 5.56 Å². The number of nitro benzene ring substituents is 1. The van der Waals surface area contributed by atoms with Crippen molar-refractivity contribution < 1.29 is 14.5 Å². The number of benzene rings is 2. The van der Waals surface area contributed by atoms with Crippen LogP contribution in [0.25, 0.3) is 0 Å². The number of carbonyl (C=O) groups excluding carboxylic acids is 1. The number of carbonyl (C=O) groups is 1. The Labute approximate surface area is 151 Å². The minimum atomic E-state index is -0.495. The van der Waals surface area contributed by atoms with Crippen molar-refractivity contribution in [1.82, 2.24) is 4.90 Å². The Bertz CT molecular complexity index is 810. The molecular weight excluding hydrogens is 334 g/mol. The third-order valence-corrected chi connectivity index (χ3v) is 4.43. The van der Waals surface area contributed by atoms with Crippen LogP contribution in [-0.2, 0) is 4.74 Å². The number of hydrogen-bond donors (Lipinski definition) is 1. The van der Waals surface area contributed by atoms with Crippen LogP contribution in [0.15, 0.2) is 48.5 Å². The third kappa shape index (κ3) is 3.67. The molecule has 7 heteroatoms. The highest BCUT2D eigenvalue weighted by Crippen LogP contribution is 2.29. The summed E-state index contributed by atoms with van der Waals surface area (Å²) in [5, 5.41) is 14.0. The molecule has 1 aliphatic heterocycles. The first kappa shape index (κ1) is 17.9. The maximum Gasteiger partial charge on any atom is 0.270 e. The summed E-state index contributed by atoms with van der Waals surface area (Å²) in [6.07, 6.45) is -0.352. The topological polar surface area (TPSA) is 84.7 Å². The van der Waals surface area contributed by atoms with Crippen LogP contribution in [0.4, 0.5) is 11.4 Å². The number of nitrogens with one attached hydrogen (secondary N) is 1. The van der Waals surface area contributed by atoms with Gasteiger partial charge in [0.15, 0.2) is 0 Å². The summed E-state index contributed by atoms with van der Waals surface area (Å²) < 4.78 is 5.99. The summed E-state index contributed by atoms with van der Waals surface area (Å²) in [6, 6.07) is 14.0. The Morgan fingerprint density at radius 3 is 2.62 bits per heavy atom. The van der Waals surface area contributed by atoms with Crippen LogP contribution in [0.5, 0.6) is 0 Å². The lowest BCUT2D eigenvalue weighted by molar-refractivity contribution is -0.384. The Hall–Kier alpha value is -2.93. The largest absolute Gasteiger partial charge is 0.387 e. The lowest BCUT2D eigenvalue weighted by atomic mass is 10.0. The van der Waals surface area contributed by atoms with E-state index in [0.29, 0.717) is 24.3 Å². The SMILES string of the molecule is CNc1ccc([N+](=O)[O-])cc1C(=O)N1CC(C)OC(c2ccccc2)C1. The Morgan fingerprint density at radius 2 is 1.96 bits per heavy atom. The van der Waals surface area contributed by atoms with Crippen molar-refractivity contribution in [3.05, 3.63) is 69.8 Å². The number of ether oxygens (including phenoxy) is 1. The summed E-state index contributed by atoms with van der Waals surface area (Å²) in [4.78, 5) is 25.4. The van der Waals surface area contributed by atoms with E-state index in [9.17, 15) is 14.9 Å². The number of hydrogen-bond acceptors (Lipinski definition) is 5. The third-order valence-electron chi connectivity index (χ3n) is 4.43. The van der Waals surface area contributed by atoms with Crippen molar-refractivity contribution in [3.63, 3.8) is 0 Å². The van der Waals surface area contributed by atoms with E-state index in [4.69, 9.17) is 4.74 Å². The number of morpholine rings is 1. The fourth-order valence-electron chi connectivity index (χ4n) is 3.18. The van der Waals surface area contributed by atoms with E-state index >= 15 is 0 Å². The lowest BCUT2D eigenvalue weighted by Crippen LogP contribution is -2.46. The summed E-state index contributed by atoms with van der Waals surface area (Å²) in [5.41, 5.74) is 1.76. The molecule has 3 rings (SSSR count). The maximum atomic E-state index is 13.1. The van der Waals surface area contributed by atoms with Crippen LogP contribution in [-0.4, -0.2) is 42.0 Å². The second-order valence-corrected chi connectivity index (χ2v) is 6.29. The molecule has 0 aliphatic carbocycles. The van der Waals surface area contributed by atoms with Gasteiger partial charge in [0.1, 0.15) is 6.10 Å². The van der Waals surface area contributed by atoms with Gasteiger partial charge in [-0.15, -0.1) is 0 Å². The number of non-ortho nitro benzene ring substituents is 1. The number of nitrogens with zero attached hydrogens (tertiary/aromatic N) is 2. The van der Waals surface area contributed by atoms with Gasteiger partial charge in [0.2, 0.25) is 0 Å². The van der Waals surface area contributed by atoms with E-state index in [1.54, 1.807) is 18.0 Å². The van der Waals surface area contributed by atoms with Crippen LogP contribution in [0.3, 0.4) is 0 Å². The number of amides is 1. The second kappa shape index (κ2) is 7.53. The monoisotopic (exact) mass is 355 g/mol. The van der Waals surface area contributed by atoms with Crippen LogP contribution >= 0.6 is 0 Å². The zero-order valence-electron chi connectivity index (χ0n) is 14.7. The number of anilines is 1. The number of rotatable bonds is 4. The van der Waals surface area contributed by atoms with Gasteiger partial charge in [-0.05, 0) is 18.6 Å². The van der Waals surface area contributed by atoms with E-state index in [1.807, 2.05) is 37.3 Å². The minimum Gasteiger partial charge on any atom is -0.387 e. The van der Waals surface area contributed by atoms with Crippen molar-refractivity contribution in [2.45, 2.75) is 19.1 Å². The highest BCUT2D eigenvalue weighted by molar-refractivity contribution is 6.00. The highest BCUT2D eigenvalue weighted by Gasteiger charge is 2.31. The fourth-order valence-corrected chi connectivity index (χ4v) is 3.18. The molecule has 0 saturated carbocycles. The molecule has 1 fully saturated rings. The van der Waals surface area contributed by atoms with Crippen molar-refractivity contribution in [2.75, 3.05) is 25.5 Å². The molecular formula is C19H21N3O4. The van der Waals surface area contributed by atoms with E-state index in [2.05, 4.69) is 5.32 Å². The van der Waals surface area contributed by atoms with Crippen LogP contribution in [0.1, 0.15) is 28.9 Å². The molecule has 1 heterocycles. The first-order chi connectivity index (χ1) is 12.5. The first-order valence-corrected chi connectivity index (χ1v) is 8.45. The van der Waals surface area contributed by atoms with Crippen molar-refractivity contribution in [3.8, 4) is 0 Å². The van der Waals surface area contributed by atoms with Crippen molar-refractivity contribution in [1.29, 1.82) is 0 Å². The highest BCUT2D eigenvalue weighted by atomic mass is 16.6. The normalized spacial score (nSPS) is 19.8. The van der Waals surface area contributed by atoms with Gasteiger partial charge in [0, 0.05) is 31.4 Å². The van der Waals surface area contributed by atoms with Gasteiger partial charge in [-0.3, -0.25) is 14.9 Å². The molecule has 136 valence electrons. The summed E-state index contributed by atoms with van der Waals surface area (Å²) in [5.74, 6) is -0.242. The second-order valence-electron chi connectivity index (χ2n) is 6.29. The summed E-state index contributed by atoms with van der Waals surface area (Å²) in [7, 11) is 1.69. The lowest BCUT2D eigenvalue weighted by Gasteiger charge is -2.37. The van der Waals surface area contributed by atoms with Gasteiger partial charge in [0.25, 0.3) is 11.6 Å². The molecule has 1 amide bonds. The molecule has 0 bridgehead atoms. The Kier molecular flexibility index (Phi) is 5.18. The molecule has 1 N–H and O–H groups in total. The molecule has 0 radical (unpaired) electrons. The van der Waals surface area contributed by atoms with E-state index in [-0.39, 0.29) is 23.8 Å². The molecule has 0 spiro atoms. The predicted molar refractivity (Wildman–Crippen MR) is 98.3 cm³/mol. The fraction of sp³-hybridized carbons (Fsp3) is 0.316. The smallest absolute Gasteiger partial charge is 0.270 e. The first-order valence-electron chi connectivity index (χ1n) is 8.45. The molecule has 2 aromatic carbocycles. The quantitative estimate of drug-likeness (QED) is 0.672.